The summed E-state index contributed by atoms with van der Waals surface area (Å²) in [6, 6.07) is -0.152. The number of amides is 2. The SMILES string of the molecule is O=C(O)C1CCN(C(=O)NCC2CCOC2)C1. The number of likely N-dealkylation sites (tertiary alicyclic amines) is 1. The average Bonchev–Trinajstić information content (AvgIpc) is 2.96. The number of hydrogen-bond acceptors (Lipinski definition) is 3. The van der Waals surface area contributed by atoms with Crippen LogP contribution in [0, 0.1) is 11.8 Å². The fraction of sp³-hybridized carbons (Fsp3) is 0.818. The van der Waals surface area contributed by atoms with Crippen LogP contribution >= 0.6 is 0 Å². The molecule has 0 spiro atoms. The molecule has 2 aliphatic rings. The number of carboxylic acids is 1. The van der Waals surface area contributed by atoms with Crippen molar-refractivity contribution in [3.8, 4) is 0 Å². The molecule has 0 aromatic heterocycles. The number of carbonyl (C=O) groups is 2. The van der Waals surface area contributed by atoms with Crippen molar-refractivity contribution in [2.24, 2.45) is 11.8 Å². The molecule has 17 heavy (non-hydrogen) atoms. The van der Waals surface area contributed by atoms with E-state index < -0.39 is 11.9 Å². The molecule has 2 unspecified atom stereocenters. The number of ether oxygens (including phenoxy) is 1. The maximum absolute atomic E-state index is 11.8. The van der Waals surface area contributed by atoms with E-state index in [-0.39, 0.29) is 6.03 Å². The molecule has 0 aliphatic carbocycles. The molecule has 2 atom stereocenters. The summed E-state index contributed by atoms with van der Waals surface area (Å²) in [7, 11) is 0. The Morgan fingerprint density at radius 2 is 2.24 bits per heavy atom. The molecular weight excluding hydrogens is 224 g/mol. The third-order valence-electron chi connectivity index (χ3n) is 3.39. The van der Waals surface area contributed by atoms with Gasteiger partial charge in [-0.25, -0.2) is 4.79 Å². The summed E-state index contributed by atoms with van der Waals surface area (Å²) < 4.78 is 5.22. The molecule has 6 heteroatoms. The second-order valence-electron chi connectivity index (χ2n) is 4.69. The Bertz CT molecular complexity index is 302. The number of urea groups is 1. The molecule has 0 bridgehead atoms. The van der Waals surface area contributed by atoms with Crippen LogP contribution in [0.2, 0.25) is 0 Å². The summed E-state index contributed by atoms with van der Waals surface area (Å²) in [4.78, 5) is 24.1. The van der Waals surface area contributed by atoms with E-state index in [1.165, 1.54) is 0 Å². The van der Waals surface area contributed by atoms with Crippen LogP contribution in [0.25, 0.3) is 0 Å². The number of aliphatic carboxylic acids is 1. The smallest absolute Gasteiger partial charge is 0.317 e. The molecule has 2 heterocycles. The first kappa shape index (κ1) is 12.2. The van der Waals surface area contributed by atoms with E-state index in [1.54, 1.807) is 4.90 Å². The molecule has 2 rings (SSSR count). The van der Waals surface area contributed by atoms with E-state index in [4.69, 9.17) is 9.84 Å². The van der Waals surface area contributed by atoms with E-state index in [0.717, 1.165) is 13.0 Å². The highest BCUT2D eigenvalue weighted by Crippen LogP contribution is 2.16. The zero-order valence-electron chi connectivity index (χ0n) is 9.72. The normalized spacial score (nSPS) is 28.4. The third-order valence-corrected chi connectivity index (χ3v) is 3.39. The van der Waals surface area contributed by atoms with Crippen molar-refractivity contribution in [2.45, 2.75) is 12.8 Å². The van der Waals surface area contributed by atoms with Gasteiger partial charge in [-0.2, -0.15) is 0 Å². The van der Waals surface area contributed by atoms with Crippen molar-refractivity contribution in [1.29, 1.82) is 0 Å². The minimum Gasteiger partial charge on any atom is -0.481 e. The van der Waals surface area contributed by atoms with Gasteiger partial charge in [0, 0.05) is 32.2 Å². The predicted molar refractivity (Wildman–Crippen MR) is 59.6 cm³/mol. The van der Waals surface area contributed by atoms with E-state index in [0.29, 0.717) is 38.6 Å². The number of hydrogen-bond donors (Lipinski definition) is 2. The largest absolute Gasteiger partial charge is 0.481 e. The van der Waals surface area contributed by atoms with Gasteiger partial charge in [-0.05, 0) is 12.8 Å². The average molecular weight is 242 g/mol. The van der Waals surface area contributed by atoms with Gasteiger partial charge in [-0.15, -0.1) is 0 Å². The van der Waals surface area contributed by atoms with Gasteiger partial charge >= 0.3 is 12.0 Å². The first-order chi connectivity index (χ1) is 8.16. The van der Waals surface area contributed by atoms with Crippen LogP contribution in [0.3, 0.4) is 0 Å². The minimum absolute atomic E-state index is 0.152. The van der Waals surface area contributed by atoms with Crippen LogP contribution in [0.1, 0.15) is 12.8 Å². The quantitative estimate of drug-likeness (QED) is 0.737. The van der Waals surface area contributed by atoms with E-state index in [9.17, 15) is 9.59 Å². The molecule has 0 saturated carbocycles. The highest BCUT2D eigenvalue weighted by molar-refractivity contribution is 5.77. The molecule has 2 amide bonds. The lowest BCUT2D eigenvalue weighted by molar-refractivity contribution is -0.141. The summed E-state index contributed by atoms with van der Waals surface area (Å²) >= 11 is 0. The van der Waals surface area contributed by atoms with Crippen LogP contribution in [-0.2, 0) is 9.53 Å². The molecule has 0 radical (unpaired) electrons. The minimum atomic E-state index is -0.815. The molecule has 2 saturated heterocycles. The zero-order valence-corrected chi connectivity index (χ0v) is 9.72. The molecule has 0 aromatic carbocycles. The third kappa shape index (κ3) is 3.09. The molecule has 0 aromatic rings. The van der Waals surface area contributed by atoms with E-state index in [1.807, 2.05) is 0 Å². The Labute approximate surface area is 99.9 Å². The highest BCUT2D eigenvalue weighted by Gasteiger charge is 2.31. The Morgan fingerprint density at radius 3 is 2.82 bits per heavy atom. The number of carboxylic acid groups (broad SMARTS) is 1. The molecular formula is C11H18N2O4. The van der Waals surface area contributed by atoms with Crippen LogP contribution < -0.4 is 5.32 Å². The Balaban J connectivity index is 1.71. The predicted octanol–water partition coefficient (Wildman–Crippen LogP) is 0.139. The van der Waals surface area contributed by atoms with Crippen LogP contribution in [0.4, 0.5) is 4.79 Å². The van der Waals surface area contributed by atoms with Crippen molar-refractivity contribution in [2.75, 3.05) is 32.8 Å². The second-order valence-corrected chi connectivity index (χ2v) is 4.69. The first-order valence-electron chi connectivity index (χ1n) is 6.00. The topological polar surface area (TPSA) is 78.9 Å². The lowest BCUT2D eigenvalue weighted by atomic mass is 10.1. The highest BCUT2D eigenvalue weighted by atomic mass is 16.5. The van der Waals surface area contributed by atoms with Crippen LogP contribution in [-0.4, -0.2) is 54.9 Å². The maximum atomic E-state index is 11.8. The summed E-state index contributed by atoms with van der Waals surface area (Å²) in [5.74, 6) is -0.822. The standard InChI is InChI=1S/C11H18N2O4/c14-10(15)9-1-3-13(6-9)11(16)12-5-8-2-4-17-7-8/h8-9H,1-7H2,(H,12,16)(H,14,15). The van der Waals surface area contributed by atoms with Crippen molar-refractivity contribution in [3.63, 3.8) is 0 Å². The Kier molecular flexibility index (Phi) is 3.83. The van der Waals surface area contributed by atoms with Crippen LogP contribution in [0.15, 0.2) is 0 Å². The van der Waals surface area contributed by atoms with Crippen molar-refractivity contribution in [3.05, 3.63) is 0 Å². The summed E-state index contributed by atoms with van der Waals surface area (Å²) in [6.07, 6.45) is 1.54. The number of rotatable bonds is 3. The van der Waals surface area contributed by atoms with Gasteiger partial charge in [0.2, 0.25) is 0 Å². The van der Waals surface area contributed by atoms with Crippen molar-refractivity contribution in [1.82, 2.24) is 10.2 Å². The van der Waals surface area contributed by atoms with Gasteiger partial charge < -0.3 is 20.1 Å². The number of nitrogens with zero attached hydrogens (tertiary/aromatic N) is 1. The monoisotopic (exact) mass is 242 g/mol. The van der Waals surface area contributed by atoms with Crippen LogP contribution in [0.5, 0.6) is 0 Å². The molecule has 2 N–H and O–H groups in total. The van der Waals surface area contributed by atoms with Gasteiger partial charge in [0.05, 0.1) is 12.5 Å². The number of nitrogens with one attached hydrogen (secondary N) is 1. The number of carbonyl (C=O) groups excluding carboxylic acids is 1. The van der Waals surface area contributed by atoms with E-state index >= 15 is 0 Å². The Hall–Kier alpha value is -1.30. The summed E-state index contributed by atoms with van der Waals surface area (Å²) in [5, 5.41) is 11.7. The molecule has 2 fully saturated rings. The van der Waals surface area contributed by atoms with Gasteiger partial charge in [0.1, 0.15) is 0 Å². The second kappa shape index (κ2) is 5.35. The van der Waals surface area contributed by atoms with Crippen molar-refractivity contribution >= 4 is 12.0 Å². The summed E-state index contributed by atoms with van der Waals surface area (Å²) in [6.45, 7) is 2.95. The van der Waals surface area contributed by atoms with Crippen molar-refractivity contribution < 1.29 is 19.4 Å². The molecule has 96 valence electrons. The lowest BCUT2D eigenvalue weighted by Crippen LogP contribution is -2.41. The first-order valence-corrected chi connectivity index (χ1v) is 6.00. The fourth-order valence-electron chi connectivity index (χ4n) is 2.23. The van der Waals surface area contributed by atoms with Gasteiger partial charge in [0.15, 0.2) is 0 Å². The summed E-state index contributed by atoms with van der Waals surface area (Å²) in [5.41, 5.74) is 0. The van der Waals surface area contributed by atoms with Gasteiger partial charge in [0.25, 0.3) is 0 Å². The van der Waals surface area contributed by atoms with E-state index in [2.05, 4.69) is 5.32 Å². The fourth-order valence-corrected chi connectivity index (χ4v) is 2.23. The van der Waals surface area contributed by atoms with Gasteiger partial charge in [-0.3, -0.25) is 4.79 Å². The van der Waals surface area contributed by atoms with Gasteiger partial charge in [-0.1, -0.05) is 0 Å². The molecule has 6 nitrogen and oxygen atoms in total. The Morgan fingerprint density at radius 1 is 1.41 bits per heavy atom. The lowest BCUT2D eigenvalue weighted by Gasteiger charge is -2.18. The molecule has 2 aliphatic heterocycles. The zero-order chi connectivity index (χ0) is 12.3. The maximum Gasteiger partial charge on any atom is 0.317 e.